The number of aromatic amines is 1. The predicted molar refractivity (Wildman–Crippen MR) is 133 cm³/mol. The minimum absolute atomic E-state index is 0.453. The Morgan fingerprint density at radius 1 is 1.00 bits per heavy atom. The minimum atomic E-state index is 0.453. The van der Waals surface area contributed by atoms with E-state index in [1.165, 1.54) is 12.8 Å². The summed E-state index contributed by atoms with van der Waals surface area (Å²) in [5, 5.41) is 5.47. The van der Waals surface area contributed by atoms with Crippen molar-refractivity contribution < 1.29 is 9.47 Å². The average molecular weight is 464 g/mol. The number of methoxy groups -OCH3 is 1. The van der Waals surface area contributed by atoms with Crippen molar-refractivity contribution in [3.05, 3.63) is 60.6 Å². The second kappa shape index (κ2) is 9.68. The molecule has 3 heterocycles. The number of H-pyrrole nitrogens is 1. The predicted octanol–water partition coefficient (Wildman–Crippen LogP) is 5.24. The van der Waals surface area contributed by atoms with Crippen LogP contribution in [0.3, 0.4) is 0 Å². The lowest BCUT2D eigenvalue weighted by molar-refractivity contribution is 0.239. The van der Waals surface area contributed by atoms with Gasteiger partial charge in [-0.3, -0.25) is 4.90 Å². The van der Waals surface area contributed by atoms with Crippen LogP contribution in [0.5, 0.6) is 11.5 Å². The van der Waals surface area contributed by atoms with Crippen molar-refractivity contribution in [1.82, 2.24) is 19.9 Å². The van der Waals surface area contributed by atoms with Crippen molar-refractivity contribution >= 4 is 44.4 Å². The Bertz CT molecular complexity index is 1300. The molecular weight excluding hydrogens is 438 g/mol. The first-order chi connectivity index (χ1) is 16.2. The Balaban J connectivity index is 1.62. The number of rotatable bonds is 5. The highest BCUT2D eigenvalue weighted by Crippen LogP contribution is 2.25. The SMILES string of the molecule is COc1ccc2ccc3cc(ccc3OCCN3CCCC3)nc3[nH]c(nc1c2)C(Cl)=CN3. The number of fused-ring (bicyclic) bond motifs is 6. The number of likely N-dealkylation sites (tertiary alicyclic amines) is 1. The fraction of sp³-hybridized carbons (Fsp3) is 0.280. The van der Waals surface area contributed by atoms with Gasteiger partial charge in [-0.1, -0.05) is 29.8 Å². The molecule has 0 saturated carbocycles. The number of ether oxygens (including phenoxy) is 2. The number of nitrogens with zero attached hydrogens (tertiary/aromatic N) is 3. The molecule has 2 N–H and O–H groups in total. The van der Waals surface area contributed by atoms with E-state index < -0.39 is 0 Å². The second-order valence-corrected chi connectivity index (χ2v) is 8.47. The van der Waals surface area contributed by atoms with Gasteiger partial charge in [-0.05, 0) is 61.6 Å². The molecule has 170 valence electrons. The first kappa shape index (κ1) is 21.6. The molecule has 2 aromatic carbocycles. The van der Waals surface area contributed by atoms with E-state index in [-0.39, 0.29) is 0 Å². The van der Waals surface area contributed by atoms with Gasteiger partial charge in [0, 0.05) is 18.1 Å². The van der Waals surface area contributed by atoms with Crippen LogP contribution in [-0.2, 0) is 0 Å². The Morgan fingerprint density at radius 2 is 1.82 bits per heavy atom. The van der Waals surface area contributed by atoms with Crippen LogP contribution in [0.2, 0.25) is 0 Å². The molecule has 0 atom stereocenters. The number of halogens is 1. The van der Waals surface area contributed by atoms with Crippen molar-refractivity contribution in [3.63, 3.8) is 0 Å². The maximum atomic E-state index is 6.37. The third-order valence-corrected chi connectivity index (χ3v) is 6.08. The monoisotopic (exact) mass is 463 g/mol. The lowest BCUT2D eigenvalue weighted by Crippen LogP contribution is -2.25. The van der Waals surface area contributed by atoms with Crippen molar-refractivity contribution in [2.24, 2.45) is 0 Å². The van der Waals surface area contributed by atoms with Crippen LogP contribution in [-0.4, -0.2) is 53.2 Å². The number of anilines is 1. The van der Waals surface area contributed by atoms with E-state index in [4.69, 9.17) is 31.0 Å². The molecule has 1 aromatic heterocycles. The van der Waals surface area contributed by atoms with Gasteiger partial charge >= 0.3 is 0 Å². The van der Waals surface area contributed by atoms with Crippen LogP contribution in [0.4, 0.5) is 5.95 Å². The van der Waals surface area contributed by atoms with Gasteiger partial charge in [-0.2, -0.15) is 0 Å². The Labute approximate surface area is 197 Å². The van der Waals surface area contributed by atoms with Crippen molar-refractivity contribution in [2.75, 3.05) is 38.7 Å². The summed E-state index contributed by atoms with van der Waals surface area (Å²) in [5.74, 6) is 2.52. The van der Waals surface area contributed by atoms with E-state index in [9.17, 15) is 0 Å². The average Bonchev–Trinajstić information content (AvgIpc) is 3.34. The van der Waals surface area contributed by atoms with E-state index >= 15 is 0 Å². The van der Waals surface area contributed by atoms with Crippen molar-refractivity contribution in [3.8, 4) is 11.5 Å². The molecule has 0 unspecified atom stereocenters. The van der Waals surface area contributed by atoms with Gasteiger partial charge in [-0.15, -0.1) is 0 Å². The van der Waals surface area contributed by atoms with Gasteiger partial charge in [0.15, 0.2) is 5.82 Å². The molecule has 1 saturated heterocycles. The molecule has 0 radical (unpaired) electrons. The minimum Gasteiger partial charge on any atom is -0.494 e. The molecule has 33 heavy (non-hydrogen) atoms. The Hall–Kier alpha value is -3.29. The molecule has 0 spiro atoms. The fourth-order valence-electron chi connectivity index (χ4n) is 4.04. The first-order valence-electron chi connectivity index (χ1n) is 11.1. The number of benzene rings is 2. The summed E-state index contributed by atoms with van der Waals surface area (Å²) in [6.45, 7) is 3.92. The summed E-state index contributed by atoms with van der Waals surface area (Å²) >= 11 is 6.37. The maximum Gasteiger partial charge on any atom is 0.206 e. The Morgan fingerprint density at radius 3 is 2.67 bits per heavy atom. The van der Waals surface area contributed by atoms with Crippen molar-refractivity contribution in [1.29, 1.82) is 0 Å². The van der Waals surface area contributed by atoms with Gasteiger partial charge in [-0.25, -0.2) is 9.97 Å². The third kappa shape index (κ3) is 5.05. The number of aromatic nitrogens is 3. The summed E-state index contributed by atoms with van der Waals surface area (Å²) in [7, 11) is 1.62. The highest BCUT2D eigenvalue weighted by atomic mass is 35.5. The summed E-state index contributed by atoms with van der Waals surface area (Å²) in [6.07, 6.45) is 4.22. The standard InChI is InChI=1S/C25H26ClN5O2/c1-32-23-8-5-17-4-6-18-15-19(7-9-22(18)33-13-12-31-10-2-3-11-31)28-25-27-16-20(26)24(30-25)29-21(23)14-17/h4-9,14-16H,2-3,10-13H2,1H3,(H2,27,28,29,30). The van der Waals surface area contributed by atoms with Gasteiger partial charge in [0.1, 0.15) is 23.6 Å². The molecule has 8 heteroatoms. The zero-order chi connectivity index (χ0) is 22.6. The van der Waals surface area contributed by atoms with E-state index in [2.05, 4.69) is 15.2 Å². The molecule has 2 aliphatic heterocycles. The molecular formula is C25H26ClN5O2. The van der Waals surface area contributed by atoms with E-state index in [0.29, 0.717) is 34.7 Å². The molecule has 0 aliphatic carbocycles. The molecule has 7 nitrogen and oxygen atoms in total. The van der Waals surface area contributed by atoms with Crippen LogP contribution >= 0.6 is 11.6 Å². The second-order valence-electron chi connectivity index (χ2n) is 8.07. The van der Waals surface area contributed by atoms with Crippen LogP contribution < -0.4 is 14.8 Å². The van der Waals surface area contributed by atoms with Crippen LogP contribution in [0.25, 0.3) is 26.8 Å². The molecule has 5 rings (SSSR count). The molecule has 1 fully saturated rings. The van der Waals surface area contributed by atoms with Crippen molar-refractivity contribution in [2.45, 2.75) is 12.8 Å². The van der Waals surface area contributed by atoms with E-state index in [0.717, 1.165) is 41.7 Å². The van der Waals surface area contributed by atoms with Crippen LogP contribution in [0, 0.1) is 0 Å². The molecule has 3 aromatic rings. The smallest absolute Gasteiger partial charge is 0.206 e. The normalized spacial score (nSPS) is 15.0. The first-order valence-corrected chi connectivity index (χ1v) is 11.5. The summed E-state index contributed by atoms with van der Waals surface area (Å²) in [5.41, 5.74) is 1.45. The summed E-state index contributed by atoms with van der Waals surface area (Å²) in [4.78, 5) is 15.0. The van der Waals surface area contributed by atoms with Crippen LogP contribution in [0.15, 0.2) is 54.7 Å². The van der Waals surface area contributed by atoms with Gasteiger partial charge in [0.25, 0.3) is 0 Å². The zero-order valence-electron chi connectivity index (χ0n) is 18.5. The molecule has 2 aliphatic rings. The Kier molecular flexibility index (Phi) is 6.32. The van der Waals surface area contributed by atoms with Gasteiger partial charge in [0.05, 0.1) is 17.7 Å². The molecule has 6 bridgehead atoms. The number of nitrogens with one attached hydrogen (secondary N) is 2. The third-order valence-electron chi connectivity index (χ3n) is 5.79. The lowest BCUT2D eigenvalue weighted by Gasteiger charge is -2.15. The van der Waals surface area contributed by atoms with Crippen LogP contribution in [0.1, 0.15) is 18.7 Å². The van der Waals surface area contributed by atoms with E-state index in [1.54, 1.807) is 13.3 Å². The largest absolute Gasteiger partial charge is 0.494 e. The fourth-order valence-corrected chi connectivity index (χ4v) is 4.19. The summed E-state index contributed by atoms with van der Waals surface area (Å²) < 4.78 is 11.7. The number of hydrogen-bond acceptors (Lipinski definition) is 6. The highest BCUT2D eigenvalue weighted by molar-refractivity contribution is 6.48. The molecule has 0 amide bonds. The quantitative estimate of drug-likeness (QED) is 0.538. The van der Waals surface area contributed by atoms with E-state index in [1.807, 2.05) is 48.5 Å². The topological polar surface area (TPSA) is 75.3 Å². The van der Waals surface area contributed by atoms with Gasteiger partial charge < -0.3 is 19.8 Å². The highest BCUT2D eigenvalue weighted by Gasteiger charge is 2.11. The zero-order valence-corrected chi connectivity index (χ0v) is 19.2. The summed E-state index contributed by atoms with van der Waals surface area (Å²) in [6, 6.07) is 15.9. The lowest BCUT2D eigenvalue weighted by atomic mass is 10.2. The number of hydrogen-bond donors (Lipinski definition) is 2. The maximum absolute atomic E-state index is 6.37. The van der Waals surface area contributed by atoms with Gasteiger partial charge in [0.2, 0.25) is 5.95 Å².